The van der Waals surface area contributed by atoms with E-state index in [4.69, 9.17) is 0 Å². The molecule has 35 heavy (non-hydrogen) atoms. The quantitative estimate of drug-likeness (QED) is 0.231. The number of carbonyl (C=O) groups is 1. The van der Waals surface area contributed by atoms with Crippen LogP contribution in [0.5, 0.6) is 0 Å². The maximum Gasteiger partial charge on any atom is 0.323 e. The number of hydrogen-bond donors (Lipinski definition) is 2. The van der Waals surface area contributed by atoms with Crippen molar-refractivity contribution in [3.05, 3.63) is 59.2 Å². The van der Waals surface area contributed by atoms with E-state index in [0.29, 0.717) is 11.8 Å². The summed E-state index contributed by atoms with van der Waals surface area (Å²) in [5.41, 5.74) is 5.47. The largest absolute Gasteiger partial charge is 0.323 e. The van der Waals surface area contributed by atoms with Crippen molar-refractivity contribution in [2.24, 2.45) is 0 Å². The maximum atomic E-state index is 12.8. The van der Waals surface area contributed by atoms with Crippen LogP contribution in [0.1, 0.15) is 134 Å². The fourth-order valence-electron chi connectivity index (χ4n) is 4.72. The summed E-state index contributed by atoms with van der Waals surface area (Å²) in [6.07, 6.45) is 16.2. The Morgan fingerprint density at radius 1 is 0.657 bits per heavy atom. The number of amides is 2. The Balaban J connectivity index is 1.72. The van der Waals surface area contributed by atoms with Crippen LogP contribution in [-0.2, 0) is 6.42 Å². The van der Waals surface area contributed by atoms with E-state index in [9.17, 15) is 4.79 Å². The molecule has 0 saturated heterocycles. The number of benzene rings is 2. The first-order valence-corrected chi connectivity index (χ1v) is 14.2. The van der Waals surface area contributed by atoms with E-state index < -0.39 is 0 Å². The van der Waals surface area contributed by atoms with Crippen LogP contribution >= 0.6 is 0 Å². The highest BCUT2D eigenvalue weighted by Crippen LogP contribution is 2.32. The molecule has 0 spiro atoms. The Morgan fingerprint density at radius 3 is 1.63 bits per heavy atom. The summed E-state index contributed by atoms with van der Waals surface area (Å²) < 4.78 is 0. The van der Waals surface area contributed by atoms with Gasteiger partial charge in [-0.2, -0.15) is 0 Å². The van der Waals surface area contributed by atoms with Gasteiger partial charge in [-0.3, -0.25) is 0 Å². The minimum atomic E-state index is -0.182. The van der Waals surface area contributed by atoms with E-state index in [1.807, 2.05) is 12.1 Å². The summed E-state index contributed by atoms with van der Waals surface area (Å²) in [6.45, 7) is 10.9. The van der Waals surface area contributed by atoms with Gasteiger partial charge in [-0.15, -0.1) is 0 Å². The average Bonchev–Trinajstić information content (AvgIpc) is 2.83. The smallest absolute Gasteiger partial charge is 0.308 e. The zero-order valence-electron chi connectivity index (χ0n) is 23.1. The predicted octanol–water partition coefficient (Wildman–Crippen LogP) is 10.4. The molecule has 2 amide bonds. The number of para-hydroxylation sites is 1. The van der Waals surface area contributed by atoms with Crippen molar-refractivity contribution in [3.63, 3.8) is 0 Å². The van der Waals surface area contributed by atoms with Gasteiger partial charge in [0.2, 0.25) is 0 Å². The molecule has 0 aliphatic heterocycles. The van der Waals surface area contributed by atoms with E-state index in [2.05, 4.69) is 75.6 Å². The Bertz CT molecular complexity index is 828. The molecule has 0 unspecified atom stereocenters. The molecular formula is C32H50N2O. The van der Waals surface area contributed by atoms with Gasteiger partial charge in [0.05, 0.1) is 0 Å². The van der Waals surface area contributed by atoms with Gasteiger partial charge in [-0.25, -0.2) is 4.79 Å². The van der Waals surface area contributed by atoms with E-state index in [-0.39, 0.29) is 6.03 Å². The van der Waals surface area contributed by atoms with Crippen molar-refractivity contribution >= 4 is 17.4 Å². The number of carbonyl (C=O) groups excluding carboxylic acids is 1. The molecular weight excluding hydrogens is 428 g/mol. The van der Waals surface area contributed by atoms with Crippen LogP contribution in [0.2, 0.25) is 0 Å². The highest BCUT2D eigenvalue weighted by atomic mass is 16.2. The molecule has 0 heterocycles. The molecule has 0 aliphatic carbocycles. The van der Waals surface area contributed by atoms with Crippen molar-refractivity contribution in [2.75, 3.05) is 10.6 Å². The average molecular weight is 479 g/mol. The van der Waals surface area contributed by atoms with Gasteiger partial charge in [0.1, 0.15) is 0 Å². The van der Waals surface area contributed by atoms with Crippen LogP contribution in [-0.4, -0.2) is 6.03 Å². The zero-order valence-corrected chi connectivity index (χ0v) is 23.1. The van der Waals surface area contributed by atoms with Gasteiger partial charge in [0.15, 0.2) is 0 Å². The molecule has 0 saturated carbocycles. The summed E-state index contributed by atoms with van der Waals surface area (Å²) in [6, 6.07) is 14.4. The molecule has 2 aromatic carbocycles. The molecule has 0 bridgehead atoms. The molecule has 2 rings (SSSR count). The lowest BCUT2D eigenvalue weighted by Crippen LogP contribution is -2.21. The van der Waals surface area contributed by atoms with Crippen LogP contribution in [0.4, 0.5) is 16.2 Å². The van der Waals surface area contributed by atoms with Gasteiger partial charge >= 0.3 is 6.03 Å². The highest BCUT2D eigenvalue weighted by Gasteiger charge is 2.16. The van der Waals surface area contributed by atoms with Crippen molar-refractivity contribution in [1.82, 2.24) is 0 Å². The summed E-state index contributed by atoms with van der Waals surface area (Å²) in [5.74, 6) is 0.692. The predicted molar refractivity (Wildman–Crippen MR) is 154 cm³/mol. The molecule has 2 N–H and O–H groups in total. The highest BCUT2D eigenvalue weighted by molar-refractivity contribution is 6.00. The molecule has 3 nitrogen and oxygen atoms in total. The molecule has 194 valence electrons. The molecule has 2 aromatic rings. The number of unbranched alkanes of at least 4 members (excludes halogenated alkanes) is 10. The summed E-state index contributed by atoms with van der Waals surface area (Å²) >= 11 is 0. The van der Waals surface area contributed by atoms with Crippen molar-refractivity contribution in [3.8, 4) is 0 Å². The Morgan fingerprint density at radius 2 is 1.14 bits per heavy atom. The first-order valence-electron chi connectivity index (χ1n) is 14.2. The second kappa shape index (κ2) is 16.4. The maximum absolute atomic E-state index is 12.8. The van der Waals surface area contributed by atoms with Gasteiger partial charge < -0.3 is 10.6 Å². The van der Waals surface area contributed by atoms with E-state index in [0.717, 1.165) is 17.8 Å². The third-order valence-corrected chi connectivity index (χ3v) is 6.89. The second-order valence-electron chi connectivity index (χ2n) is 10.7. The fourth-order valence-corrected chi connectivity index (χ4v) is 4.72. The van der Waals surface area contributed by atoms with E-state index >= 15 is 0 Å². The first-order chi connectivity index (χ1) is 16.9. The lowest BCUT2D eigenvalue weighted by Gasteiger charge is -2.20. The number of rotatable bonds is 16. The molecule has 3 heteroatoms. The van der Waals surface area contributed by atoms with Crippen LogP contribution in [0.3, 0.4) is 0 Å². The number of urea groups is 1. The summed E-state index contributed by atoms with van der Waals surface area (Å²) in [4.78, 5) is 12.8. The van der Waals surface area contributed by atoms with Crippen molar-refractivity contribution in [1.29, 1.82) is 0 Å². The van der Waals surface area contributed by atoms with Crippen LogP contribution in [0.25, 0.3) is 0 Å². The Kier molecular flexibility index (Phi) is 13.6. The molecule has 0 fully saturated rings. The first kappa shape index (κ1) is 28.9. The number of nitrogens with one attached hydrogen (secondary N) is 2. The monoisotopic (exact) mass is 478 g/mol. The third-order valence-electron chi connectivity index (χ3n) is 6.89. The van der Waals surface area contributed by atoms with Crippen LogP contribution < -0.4 is 10.6 Å². The lowest BCUT2D eigenvalue weighted by atomic mass is 9.93. The van der Waals surface area contributed by atoms with Crippen molar-refractivity contribution in [2.45, 2.75) is 124 Å². The summed E-state index contributed by atoms with van der Waals surface area (Å²) in [5, 5.41) is 6.14. The van der Waals surface area contributed by atoms with E-state index in [1.165, 1.54) is 87.3 Å². The van der Waals surface area contributed by atoms with Gasteiger partial charge in [-0.1, -0.05) is 129 Å². The SMILES string of the molecule is CCCCCCCCCCCCCc1ccc(NC(=O)Nc2c(C(C)C)cccc2C(C)C)cc1. The molecule has 0 aliphatic rings. The Hall–Kier alpha value is -2.29. The van der Waals surface area contributed by atoms with Crippen LogP contribution in [0.15, 0.2) is 42.5 Å². The molecule has 0 aromatic heterocycles. The second-order valence-corrected chi connectivity index (χ2v) is 10.7. The third kappa shape index (κ3) is 10.9. The minimum absolute atomic E-state index is 0.182. The number of hydrogen-bond acceptors (Lipinski definition) is 1. The number of anilines is 2. The molecule has 0 radical (unpaired) electrons. The Labute approximate surface area is 215 Å². The van der Waals surface area contributed by atoms with Crippen molar-refractivity contribution < 1.29 is 4.79 Å². The zero-order chi connectivity index (χ0) is 25.5. The minimum Gasteiger partial charge on any atom is -0.308 e. The van der Waals surface area contributed by atoms with E-state index in [1.54, 1.807) is 0 Å². The lowest BCUT2D eigenvalue weighted by molar-refractivity contribution is 0.262. The standard InChI is InChI=1S/C32H50N2O/c1-6-7-8-9-10-11-12-13-14-15-16-18-27-21-23-28(24-22-27)33-32(35)34-31-29(25(2)3)19-17-20-30(31)26(4)5/h17,19-26H,6-16,18H2,1-5H3,(H2,33,34,35). The summed E-state index contributed by atoms with van der Waals surface area (Å²) in [7, 11) is 0. The number of aryl methyl sites for hydroxylation is 1. The van der Waals surface area contributed by atoms with Crippen LogP contribution in [0, 0.1) is 0 Å². The van der Waals surface area contributed by atoms with Gasteiger partial charge in [0.25, 0.3) is 0 Å². The van der Waals surface area contributed by atoms with Gasteiger partial charge in [0, 0.05) is 11.4 Å². The molecule has 0 atom stereocenters. The van der Waals surface area contributed by atoms with Gasteiger partial charge in [-0.05, 0) is 53.5 Å². The fraction of sp³-hybridized carbons (Fsp3) is 0.594. The topological polar surface area (TPSA) is 41.1 Å². The normalized spacial score (nSPS) is 11.3.